The number of benzene rings is 1. The third kappa shape index (κ3) is 6.02. The van der Waals surface area contributed by atoms with Crippen molar-refractivity contribution in [3.63, 3.8) is 0 Å². The van der Waals surface area contributed by atoms with Crippen molar-refractivity contribution in [2.75, 3.05) is 5.75 Å². The molecule has 3 nitrogen and oxygen atoms in total. The summed E-state index contributed by atoms with van der Waals surface area (Å²) in [6.07, 6.45) is -4.72. The molecule has 0 aromatic heterocycles. The molecule has 0 bridgehead atoms. The second-order valence-electron chi connectivity index (χ2n) is 5.23. The first kappa shape index (κ1) is 17.1. The number of thioether (sulfide) groups is 1. The van der Waals surface area contributed by atoms with Crippen LogP contribution in [0, 0.1) is 0 Å². The number of hydrogen-bond donors (Lipinski definition) is 2. The summed E-state index contributed by atoms with van der Waals surface area (Å²) in [7, 11) is 0. The number of ether oxygens (including phenoxy) is 1. The Bertz CT molecular complexity index is 432. The Labute approximate surface area is 121 Å². The fourth-order valence-corrected chi connectivity index (χ4v) is 2.49. The topological polar surface area (TPSA) is 47.3 Å². The van der Waals surface area contributed by atoms with Crippen LogP contribution in [-0.2, 0) is 0 Å². The fraction of sp³-hybridized carbons (Fsp3) is 0.538. The Kier molecular flexibility index (Phi) is 5.73. The predicted molar refractivity (Wildman–Crippen MR) is 75.4 cm³/mol. The lowest BCUT2D eigenvalue weighted by Crippen LogP contribution is -2.31. The lowest BCUT2D eigenvalue weighted by molar-refractivity contribution is -0.275. The van der Waals surface area contributed by atoms with Crippen LogP contribution in [-0.4, -0.2) is 16.9 Å². The third-order valence-corrected chi connectivity index (χ3v) is 3.77. The SMILES string of the molecule is CC(C)(C)SCC(NN)c1ccccc1OC(F)(F)F. The summed E-state index contributed by atoms with van der Waals surface area (Å²) < 4.78 is 41.2. The van der Waals surface area contributed by atoms with Crippen molar-refractivity contribution in [3.05, 3.63) is 29.8 Å². The summed E-state index contributed by atoms with van der Waals surface area (Å²) in [6.45, 7) is 6.09. The molecule has 20 heavy (non-hydrogen) atoms. The highest BCUT2D eigenvalue weighted by molar-refractivity contribution is 8.00. The van der Waals surface area contributed by atoms with Crippen molar-refractivity contribution in [2.45, 2.75) is 37.9 Å². The van der Waals surface area contributed by atoms with Crippen LogP contribution in [0.4, 0.5) is 13.2 Å². The van der Waals surface area contributed by atoms with E-state index in [9.17, 15) is 13.2 Å². The standard InChI is InChI=1S/C13H19F3N2OS/c1-12(2,3)20-8-10(18-17)9-6-4-5-7-11(9)19-13(14,15)16/h4-7,10,18H,8,17H2,1-3H3. The monoisotopic (exact) mass is 308 g/mol. The van der Waals surface area contributed by atoms with Gasteiger partial charge < -0.3 is 4.74 Å². The number of hydrazine groups is 1. The Morgan fingerprint density at radius 2 is 1.85 bits per heavy atom. The Morgan fingerprint density at radius 3 is 2.35 bits per heavy atom. The molecule has 114 valence electrons. The van der Waals surface area contributed by atoms with Crippen LogP contribution in [0.5, 0.6) is 5.75 Å². The smallest absolute Gasteiger partial charge is 0.405 e. The number of nitrogens with one attached hydrogen (secondary N) is 1. The first-order valence-corrected chi connectivity index (χ1v) is 7.06. The Hall–Kier alpha value is -0.920. The minimum absolute atomic E-state index is 0.00503. The lowest BCUT2D eigenvalue weighted by atomic mass is 10.1. The number of rotatable bonds is 5. The van der Waals surface area contributed by atoms with Crippen molar-refractivity contribution < 1.29 is 17.9 Å². The van der Waals surface area contributed by atoms with E-state index in [-0.39, 0.29) is 10.5 Å². The summed E-state index contributed by atoms with van der Waals surface area (Å²) in [5.74, 6) is 5.78. The molecular weight excluding hydrogens is 289 g/mol. The van der Waals surface area contributed by atoms with E-state index < -0.39 is 12.4 Å². The Morgan fingerprint density at radius 1 is 1.25 bits per heavy atom. The van der Waals surface area contributed by atoms with Crippen LogP contribution in [0.25, 0.3) is 0 Å². The summed E-state index contributed by atoms with van der Waals surface area (Å²) in [5.41, 5.74) is 2.94. The largest absolute Gasteiger partial charge is 0.573 e. The highest BCUT2D eigenvalue weighted by Crippen LogP contribution is 2.34. The summed E-state index contributed by atoms with van der Waals surface area (Å²) in [5, 5.41) is 0. The molecule has 0 amide bonds. The molecule has 0 heterocycles. The maximum Gasteiger partial charge on any atom is 0.573 e. The van der Waals surface area contributed by atoms with Gasteiger partial charge in [0.25, 0.3) is 0 Å². The zero-order valence-electron chi connectivity index (χ0n) is 11.6. The van der Waals surface area contributed by atoms with Gasteiger partial charge in [-0.3, -0.25) is 11.3 Å². The molecule has 0 aliphatic carbocycles. The number of alkyl halides is 3. The van der Waals surface area contributed by atoms with E-state index in [2.05, 4.69) is 10.2 Å². The molecule has 0 aliphatic heterocycles. The first-order valence-electron chi connectivity index (χ1n) is 6.07. The zero-order valence-corrected chi connectivity index (χ0v) is 12.4. The van der Waals surface area contributed by atoms with E-state index in [0.29, 0.717) is 11.3 Å². The van der Waals surface area contributed by atoms with Crippen molar-refractivity contribution in [2.24, 2.45) is 5.84 Å². The van der Waals surface area contributed by atoms with Gasteiger partial charge in [-0.05, 0) is 6.07 Å². The number of para-hydroxylation sites is 1. The van der Waals surface area contributed by atoms with E-state index in [1.807, 2.05) is 20.8 Å². The minimum Gasteiger partial charge on any atom is -0.405 e. The summed E-state index contributed by atoms with van der Waals surface area (Å²) in [6, 6.07) is 5.60. The Balaban J connectivity index is 2.92. The van der Waals surface area contributed by atoms with Gasteiger partial charge in [-0.25, -0.2) is 0 Å². The second kappa shape index (κ2) is 6.69. The van der Waals surface area contributed by atoms with Gasteiger partial charge in [0.05, 0.1) is 6.04 Å². The third-order valence-electron chi connectivity index (χ3n) is 2.40. The highest BCUT2D eigenvalue weighted by Gasteiger charge is 2.33. The van der Waals surface area contributed by atoms with Crippen molar-refractivity contribution >= 4 is 11.8 Å². The van der Waals surface area contributed by atoms with E-state index in [0.717, 1.165) is 0 Å². The number of nitrogens with two attached hydrogens (primary N) is 1. The molecule has 0 saturated heterocycles. The molecule has 1 atom stereocenters. The predicted octanol–water partition coefficient (Wildman–Crippen LogP) is 3.62. The van der Waals surface area contributed by atoms with Gasteiger partial charge in [0.1, 0.15) is 5.75 Å². The van der Waals surface area contributed by atoms with E-state index >= 15 is 0 Å². The second-order valence-corrected chi connectivity index (χ2v) is 7.08. The van der Waals surface area contributed by atoms with Gasteiger partial charge in [0.2, 0.25) is 0 Å². The van der Waals surface area contributed by atoms with Crippen molar-refractivity contribution in [3.8, 4) is 5.75 Å². The van der Waals surface area contributed by atoms with Crippen LogP contribution in [0.2, 0.25) is 0 Å². The van der Waals surface area contributed by atoms with Crippen molar-refractivity contribution in [1.82, 2.24) is 5.43 Å². The highest BCUT2D eigenvalue weighted by atomic mass is 32.2. The molecule has 7 heteroatoms. The molecule has 1 aromatic rings. The van der Waals surface area contributed by atoms with Crippen LogP contribution in [0.3, 0.4) is 0 Å². The van der Waals surface area contributed by atoms with Crippen molar-refractivity contribution in [1.29, 1.82) is 0 Å². The molecule has 1 aromatic carbocycles. The summed E-state index contributed by atoms with van der Waals surface area (Å²) in [4.78, 5) is 0. The molecule has 0 spiro atoms. The molecule has 1 rings (SSSR count). The minimum atomic E-state index is -4.72. The van der Waals surface area contributed by atoms with E-state index in [1.54, 1.807) is 23.9 Å². The van der Waals surface area contributed by atoms with Gasteiger partial charge in [-0.2, -0.15) is 11.8 Å². The van der Waals surface area contributed by atoms with Gasteiger partial charge in [-0.15, -0.1) is 13.2 Å². The molecule has 3 N–H and O–H groups in total. The summed E-state index contributed by atoms with van der Waals surface area (Å²) >= 11 is 1.61. The molecule has 0 fully saturated rings. The average Bonchev–Trinajstić information content (AvgIpc) is 2.28. The van der Waals surface area contributed by atoms with Gasteiger partial charge in [-0.1, -0.05) is 39.0 Å². The van der Waals surface area contributed by atoms with Crippen LogP contribution < -0.4 is 16.0 Å². The fourth-order valence-electron chi connectivity index (χ4n) is 1.55. The number of halogens is 3. The van der Waals surface area contributed by atoms with E-state index in [4.69, 9.17) is 5.84 Å². The van der Waals surface area contributed by atoms with Gasteiger partial charge in [0, 0.05) is 16.1 Å². The van der Waals surface area contributed by atoms with Gasteiger partial charge in [0.15, 0.2) is 0 Å². The maximum atomic E-state index is 12.4. The average molecular weight is 308 g/mol. The zero-order chi connectivity index (χ0) is 15.4. The van der Waals surface area contributed by atoms with Gasteiger partial charge >= 0.3 is 6.36 Å². The quantitative estimate of drug-likeness (QED) is 0.644. The normalized spacial score (nSPS) is 14.2. The maximum absolute atomic E-state index is 12.4. The molecule has 0 radical (unpaired) electrons. The van der Waals surface area contributed by atoms with Crippen LogP contribution >= 0.6 is 11.8 Å². The lowest BCUT2D eigenvalue weighted by Gasteiger charge is -2.24. The molecule has 0 saturated carbocycles. The molecule has 1 unspecified atom stereocenters. The van der Waals surface area contributed by atoms with Crippen LogP contribution in [0.1, 0.15) is 32.4 Å². The molecular formula is C13H19F3N2OS. The van der Waals surface area contributed by atoms with Crippen LogP contribution in [0.15, 0.2) is 24.3 Å². The first-order chi connectivity index (χ1) is 9.12. The molecule has 0 aliphatic rings. The number of hydrogen-bond acceptors (Lipinski definition) is 4. The van der Waals surface area contributed by atoms with E-state index in [1.165, 1.54) is 12.1 Å².